The fraction of sp³-hybridized carbons (Fsp3) is 0.875. The number of methoxy groups -OCH3 is 1. The number of amides is 1. The summed E-state index contributed by atoms with van der Waals surface area (Å²) in [7, 11) is 1.60. The third-order valence-corrected chi connectivity index (χ3v) is 1.58. The van der Waals surface area contributed by atoms with E-state index >= 15 is 0 Å². The van der Waals surface area contributed by atoms with Gasteiger partial charge < -0.3 is 15.8 Å². The number of hydrogen-bond acceptors (Lipinski definition) is 3. The summed E-state index contributed by atoms with van der Waals surface area (Å²) in [4.78, 5) is 11.2. The molecule has 0 radical (unpaired) electrons. The molecule has 0 rings (SSSR count). The lowest BCUT2D eigenvalue weighted by Crippen LogP contribution is -2.45. The predicted molar refractivity (Wildman–Crippen MR) is 47.7 cm³/mol. The molecule has 4 heteroatoms. The molecular formula is C8H18N2O2. The Morgan fingerprint density at radius 1 is 1.67 bits per heavy atom. The Morgan fingerprint density at radius 2 is 2.25 bits per heavy atom. The molecule has 0 heterocycles. The van der Waals surface area contributed by atoms with Crippen molar-refractivity contribution in [2.45, 2.75) is 32.4 Å². The average molecular weight is 174 g/mol. The standard InChI is InChI=1S/C8H18N2O2/c1-4-7(9)8(11)10-6(2)5-12-3/h6-7H,4-5,9H2,1-3H3,(H,10,11)/t6-,7-/m0/s1. The van der Waals surface area contributed by atoms with Crippen molar-refractivity contribution in [2.75, 3.05) is 13.7 Å². The second kappa shape index (κ2) is 5.97. The van der Waals surface area contributed by atoms with E-state index in [0.717, 1.165) is 0 Å². The highest BCUT2D eigenvalue weighted by atomic mass is 16.5. The monoisotopic (exact) mass is 174 g/mol. The van der Waals surface area contributed by atoms with Gasteiger partial charge in [0.1, 0.15) is 0 Å². The third-order valence-electron chi connectivity index (χ3n) is 1.58. The maximum Gasteiger partial charge on any atom is 0.237 e. The number of nitrogens with two attached hydrogens (primary N) is 1. The van der Waals surface area contributed by atoms with Crippen LogP contribution in [0.25, 0.3) is 0 Å². The Bertz CT molecular complexity index is 139. The fourth-order valence-corrected chi connectivity index (χ4v) is 0.827. The van der Waals surface area contributed by atoms with Crippen LogP contribution in [-0.4, -0.2) is 31.7 Å². The number of rotatable bonds is 5. The lowest BCUT2D eigenvalue weighted by atomic mass is 10.2. The van der Waals surface area contributed by atoms with E-state index in [1.54, 1.807) is 7.11 Å². The molecule has 0 aromatic carbocycles. The minimum atomic E-state index is -0.399. The van der Waals surface area contributed by atoms with Crippen LogP contribution in [0.5, 0.6) is 0 Å². The molecule has 0 aliphatic rings. The minimum Gasteiger partial charge on any atom is -0.383 e. The molecule has 0 aliphatic heterocycles. The summed E-state index contributed by atoms with van der Waals surface area (Å²) in [6, 6.07) is -0.371. The smallest absolute Gasteiger partial charge is 0.237 e. The molecule has 4 nitrogen and oxygen atoms in total. The highest BCUT2D eigenvalue weighted by Crippen LogP contribution is 1.88. The molecule has 3 N–H and O–H groups in total. The molecule has 0 saturated heterocycles. The molecule has 0 spiro atoms. The predicted octanol–water partition coefficient (Wildman–Crippen LogP) is -0.125. The highest BCUT2D eigenvalue weighted by Gasteiger charge is 2.12. The van der Waals surface area contributed by atoms with Crippen molar-refractivity contribution in [3.63, 3.8) is 0 Å². The maximum atomic E-state index is 11.2. The Morgan fingerprint density at radius 3 is 2.67 bits per heavy atom. The SMILES string of the molecule is CC[C@H](N)C(=O)N[C@@H](C)COC. The van der Waals surface area contributed by atoms with Crippen LogP contribution in [0.3, 0.4) is 0 Å². The number of nitrogens with one attached hydrogen (secondary N) is 1. The molecule has 0 unspecified atom stereocenters. The largest absolute Gasteiger partial charge is 0.383 e. The van der Waals surface area contributed by atoms with Crippen LogP contribution in [0, 0.1) is 0 Å². The maximum absolute atomic E-state index is 11.2. The molecule has 0 fully saturated rings. The van der Waals surface area contributed by atoms with Gasteiger partial charge in [-0.3, -0.25) is 4.79 Å². The van der Waals surface area contributed by atoms with Gasteiger partial charge in [-0.25, -0.2) is 0 Å². The number of carbonyl (C=O) groups is 1. The first kappa shape index (κ1) is 11.4. The molecule has 72 valence electrons. The van der Waals surface area contributed by atoms with E-state index in [9.17, 15) is 4.79 Å². The summed E-state index contributed by atoms with van der Waals surface area (Å²) in [5.41, 5.74) is 5.51. The normalized spacial score (nSPS) is 15.3. The zero-order chi connectivity index (χ0) is 9.56. The highest BCUT2D eigenvalue weighted by molar-refractivity contribution is 5.81. The topological polar surface area (TPSA) is 64.4 Å². The summed E-state index contributed by atoms with van der Waals surface area (Å²) in [6.45, 7) is 4.27. The van der Waals surface area contributed by atoms with Crippen molar-refractivity contribution in [1.29, 1.82) is 0 Å². The summed E-state index contributed by atoms with van der Waals surface area (Å²) < 4.78 is 4.86. The van der Waals surface area contributed by atoms with Gasteiger partial charge in [0.05, 0.1) is 12.6 Å². The average Bonchev–Trinajstić information content (AvgIpc) is 2.03. The van der Waals surface area contributed by atoms with E-state index in [4.69, 9.17) is 10.5 Å². The van der Waals surface area contributed by atoms with Crippen molar-refractivity contribution in [3.05, 3.63) is 0 Å². The van der Waals surface area contributed by atoms with Crippen LogP contribution in [0.1, 0.15) is 20.3 Å². The Balaban J connectivity index is 3.67. The van der Waals surface area contributed by atoms with Crippen molar-refractivity contribution in [1.82, 2.24) is 5.32 Å². The number of carbonyl (C=O) groups excluding carboxylic acids is 1. The van der Waals surface area contributed by atoms with Gasteiger partial charge in [0.15, 0.2) is 0 Å². The minimum absolute atomic E-state index is 0.0279. The zero-order valence-electron chi connectivity index (χ0n) is 7.96. The fourth-order valence-electron chi connectivity index (χ4n) is 0.827. The lowest BCUT2D eigenvalue weighted by Gasteiger charge is -2.15. The summed E-state index contributed by atoms with van der Waals surface area (Å²) >= 11 is 0. The third kappa shape index (κ3) is 4.31. The Labute approximate surface area is 73.5 Å². The first-order valence-corrected chi connectivity index (χ1v) is 4.16. The van der Waals surface area contributed by atoms with E-state index in [-0.39, 0.29) is 11.9 Å². The molecule has 0 bridgehead atoms. The molecule has 2 atom stereocenters. The zero-order valence-corrected chi connectivity index (χ0v) is 7.96. The van der Waals surface area contributed by atoms with E-state index in [0.29, 0.717) is 13.0 Å². The van der Waals surface area contributed by atoms with Gasteiger partial charge in [-0.2, -0.15) is 0 Å². The van der Waals surface area contributed by atoms with E-state index < -0.39 is 6.04 Å². The molecule has 1 amide bonds. The van der Waals surface area contributed by atoms with Crippen LogP contribution in [0.2, 0.25) is 0 Å². The van der Waals surface area contributed by atoms with Gasteiger partial charge in [0.25, 0.3) is 0 Å². The second-order valence-electron chi connectivity index (χ2n) is 2.88. The van der Waals surface area contributed by atoms with Gasteiger partial charge in [-0.05, 0) is 13.3 Å². The van der Waals surface area contributed by atoms with Crippen molar-refractivity contribution >= 4 is 5.91 Å². The second-order valence-corrected chi connectivity index (χ2v) is 2.88. The first-order valence-electron chi connectivity index (χ1n) is 4.16. The van der Waals surface area contributed by atoms with Gasteiger partial charge >= 0.3 is 0 Å². The van der Waals surface area contributed by atoms with E-state index in [1.807, 2.05) is 13.8 Å². The molecule has 0 aliphatic carbocycles. The number of ether oxygens (including phenoxy) is 1. The molecule has 12 heavy (non-hydrogen) atoms. The molecule has 0 aromatic heterocycles. The van der Waals surface area contributed by atoms with Gasteiger partial charge in [0.2, 0.25) is 5.91 Å². The van der Waals surface area contributed by atoms with Gasteiger partial charge in [-0.15, -0.1) is 0 Å². The van der Waals surface area contributed by atoms with Crippen molar-refractivity contribution < 1.29 is 9.53 Å². The van der Waals surface area contributed by atoms with Crippen LogP contribution in [0.4, 0.5) is 0 Å². The van der Waals surface area contributed by atoms with Crippen molar-refractivity contribution in [3.8, 4) is 0 Å². The van der Waals surface area contributed by atoms with Gasteiger partial charge in [-0.1, -0.05) is 6.92 Å². The van der Waals surface area contributed by atoms with Crippen LogP contribution < -0.4 is 11.1 Å². The summed E-state index contributed by atoms with van der Waals surface area (Å²) in [5.74, 6) is -0.109. The quantitative estimate of drug-likeness (QED) is 0.610. The molecular weight excluding hydrogens is 156 g/mol. The van der Waals surface area contributed by atoms with Crippen molar-refractivity contribution in [2.24, 2.45) is 5.73 Å². The van der Waals surface area contributed by atoms with Gasteiger partial charge in [0, 0.05) is 13.2 Å². The van der Waals surface area contributed by atoms with E-state index in [2.05, 4.69) is 5.32 Å². The summed E-state index contributed by atoms with van der Waals surface area (Å²) in [6.07, 6.45) is 0.658. The van der Waals surface area contributed by atoms with Crippen LogP contribution in [-0.2, 0) is 9.53 Å². The van der Waals surface area contributed by atoms with E-state index in [1.165, 1.54) is 0 Å². The molecule has 0 saturated carbocycles. The summed E-state index contributed by atoms with van der Waals surface area (Å²) in [5, 5.41) is 2.74. The first-order chi connectivity index (χ1) is 5.61. The van der Waals surface area contributed by atoms with Crippen LogP contribution in [0.15, 0.2) is 0 Å². The Kier molecular flexibility index (Phi) is 5.66. The lowest BCUT2D eigenvalue weighted by molar-refractivity contribution is -0.123. The van der Waals surface area contributed by atoms with Crippen LogP contribution >= 0.6 is 0 Å². The number of hydrogen-bond donors (Lipinski definition) is 2. The Hall–Kier alpha value is -0.610. The molecule has 0 aromatic rings.